The fourth-order valence-corrected chi connectivity index (χ4v) is 0.348. The van der Waals surface area contributed by atoms with Gasteiger partial charge in [-0.25, -0.2) is 4.79 Å². The fourth-order valence-electron chi connectivity index (χ4n) is 0.348. The van der Waals surface area contributed by atoms with E-state index in [1.807, 2.05) is 0 Å². The Morgan fingerprint density at radius 3 is 2.71 bits per heavy atom. The SMILES string of the molecule is C=C1NCOC1=O. The van der Waals surface area contributed by atoms with Gasteiger partial charge in [0.25, 0.3) is 0 Å². The molecule has 1 saturated heterocycles. The van der Waals surface area contributed by atoms with Gasteiger partial charge in [-0.2, -0.15) is 0 Å². The van der Waals surface area contributed by atoms with Gasteiger partial charge in [-0.05, 0) is 0 Å². The summed E-state index contributed by atoms with van der Waals surface area (Å²) in [6.45, 7) is 3.62. The molecular formula is C4H5NO2. The highest BCUT2D eigenvalue weighted by Gasteiger charge is 2.13. The molecule has 0 unspecified atom stereocenters. The average Bonchev–Trinajstić information content (AvgIpc) is 1.91. The zero-order valence-corrected chi connectivity index (χ0v) is 3.73. The summed E-state index contributed by atoms with van der Waals surface area (Å²) in [5.41, 5.74) is 0.347. The lowest BCUT2D eigenvalue weighted by molar-refractivity contribution is -0.135. The molecule has 0 aromatic heterocycles. The lowest BCUT2D eigenvalue weighted by Crippen LogP contribution is -2.03. The molecule has 1 aliphatic heterocycles. The predicted molar refractivity (Wildman–Crippen MR) is 23.2 cm³/mol. The zero-order valence-electron chi connectivity index (χ0n) is 3.73. The Labute approximate surface area is 41.0 Å². The van der Waals surface area contributed by atoms with Crippen molar-refractivity contribution in [2.45, 2.75) is 0 Å². The predicted octanol–water partition coefficient (Wildman–Crippen LogP) is -0.396. The Kier molecular flexibility index (Phi) is 0.749. The van der Waals surface area contributed by atoms with Crippen molar-refractivity contribution < 1.29 is 9.53 Å². The molecule has 3 nitrogen and oxygen atoms in total. The van der Waals surface area contributed by atoms with Gasteiger partial charge in [-0.15, -0.1) is 0 Å². The minimum absolute atomic E-state index is 0.275. The van der Waals surface area contributed by atoms with Crippen molar-refractivity contribution in [2.75, 3.05) is 6.73 Å². The van der Waals surface area contributed by atoms with E-state index in [4.69, 9.17) is 0 Å². The van der Waals surface area contributed by atoms with Crippen LogP contribution in [0.4, 0.5) is 0 Å². The summed E-state index contributed by atoms with van der Waals surface area (Å²) in [6.07, 6.45) is 0. The Hall–Kier alpha value is -0.990. The number of carbonyl (C=O) groups excluding carboxylic acids is 1. The quantitative estimate of drug-likeness (QED) is 0.332. The van der Waals surface area contributed by atoms with Gasteiger partial charge in [0, 0.05) is 0 Å². The van der Waals surface area contributed by atoms with E-state index in [1.54, 1.807) is 0 Å². The van der Waals surface area contributed by atoms with Crippen molar-refractivity contribution in [3.05, 3.63) is 12.3 Å². The zero-order chi connectivity index (χ0) is 5.28. The topological polar surface area (TPSA) is 38.3 Å². The fraction of sp³-hybridized carbons (Fsp3) is 0.250. The van der Waals surface area contributed by atoms with Crippen LogP contribution in [0.15, 0.2) is 12.3 Å². The summed E-state index contributed by atoms with van der Waals surface area (Å²) >= 11 is 0. The van der Waals surface area contributed by atoms with Crippen LogP contribution < -0.4 is 5.32 Å². The number of carbonyl (C=O) groups is 1. The van der Waals surface area contributed by atoms with E-state index in [-0.39, 0.29) is 12.7 Å². The number of hydrogen-bond acceptors (Lipinski definition) is 3. The van der Waals surface area contributed by atoms with E-state index < -0.39 is 0 Å². The second-order valence-corrected chi connectivity index (χ2v) is 1.23. The minimum Gasteiger partial charge on any atom is -0.440 e. The largest absolute Gasteiger partial charge is 0.440 e. The normalized spacial score (nSPS) is 18.9. The molecule has 7 heavy (non-hydrogen) atoms. The first-order valence-corrected chi connectivity index (χ1v) is 1.90. The number of rotatable bonds is 0. The lowest BCUT2D eigenvalue weighted by Gasteiger charge is -1.79. The Morgan fingerprint density at radius 2 is 2.57 bits per heavy atom. The molecule has 0 bridgehead atoms. The van der Waals surface area contributed by atoms with Crippen molar-refractivity contribution >= 4 is 5.97 Å². The Balaban J connectivity index is 2.65. The van der Waals surface area contributed by atoms with Crippen molar-refractivity contribution in [1.82, 2.24) is 5.32 Å². The van der Waals surface area contributed by atoms with Crippen LogP contribution in [0.3, 0.4) is 0 Å². The van der Waals surface area contributed by atoms with Crippen molar-refractivity contribution in [2.24, 2.45) is 0 Å². The van der Waals surface area contributed by atoms with Crippen LogP contribution >= 0.6 is 0 Å². The number of esters is 1. The third kappa shape index (κ3) is 0.559. The summed E-state index contributed by atoms with van der Waals surface area (Å²) in [5.74, 6) is -0.347. The van der Waals surface area contributed by atoms with E-state index in [2.05, 4.69) is 16.6 Å². The molecule has 0 saturated carbocycles. The van der Waals surface area contributed by atoms with E-state index in [0.717, 1.165) is 0 Å². The molecular weight excluding hydrogens is 94.0 g/mol. The van der Waals surface area contributed by atoms with Crippen LogP contribution in [0.2, 0.25) is 0 Å². The Morgan fingerprint density at radius 1 is 1.86 bits per heavy atom. The maximum atomic E-state index is 10.2. The van der Waals surface area contributed by atoms with Crippen LogP contribution in [0, 0.1) is 0 Å². The molecule has 3 heteroatoms. The van der Waals surface area contributed by atoms with Gasteiger partial charge in [0.15, 0.2) is 6.73 Å². The molecule has 0 aromatic carbocycles. The van der Waals surface area contributed by atoms with Crippen molar-refractivity contribution in [3.8, 4) is 0 Å². The van der Waals surface area contributed by atoms with Crippen LogP contribution in [0.5, 0.6) is 0 Å². The molecule has 0 aliphatic carbocycles. The number of hydrogen-bond donors (Lipinski definition) is 1. The van der Waals surface area contributed by atoms with Crippen LogP contribution in [-0.2, 0) is 9.53 Å². The summed E-state index contributed by atoms with van der Waals surface area (Å²) in [6, 6.07) is 0. The molecule has 0 amide bonds. The molecule has 1 fully saturated rings. The molecule has 1 aliphatic rings. The lowest BCUT2D eigenvalue weighted by atomic mass is 10.5. The van der Waals surface area contributed by atoms with Gasteiger partial charge in [-0.1, -0.05) is 6.58 Å². The highest BCUT2D eigenvalue weighted by molar-refractivity contribution is 5.88. The highest BCUT2D eigenvalue weighted by atomic mass is 16.6. The van der Waals surface area contributed by atoms with Crippen LogP contribution in [0.1, 0.15) is 0 Å². The van der Waals surface area contributed by atoms with Crippen LogP contribution in [-0.4, -0.2) is 12.7 Å². The maximum Gasteiger partial charge on any atom is 0.355 e. The van der Waals surface area contributed by atoms with Gasteiger partial charge in [-0.3, -0.25) is 0 Å². The molecule has 1 heterocycles. The first kappa shape index (κ1) is 4.18. The van der Waals surface area contributed by atoms with Gasteiger partial charge in [0.05, 0.1) is 0 Å². The molecule has 1 N–H and O–H groups in total. The second kappa shape index (κ2) is 1.26. The van der Waals surface area contributed by atoms with Crippen molar-refractivity contribution in [1.29, 1.82) is 0 Å². The van der Waals surface area contributed by atoms with E-state index in [0.29, 0.717) is 5.70 Å². The van der Waals surface area contributed by atoms with E-state index >= 15 is 0 Å². The van der Waals surface area contributed by atoms with Gasteiger partial charge < -0.3 is 10.1 Å². The first-order chi connectivity index (χ1) is 3.30. The monoisotopic (exact) mass is 99.0 g/mol. The molecule has 0 radical (unpaired) electrons. The van der Waals surface area contributed by atoms with Gasteiger partial charge >= 0.3 is 5.97 Å². The smallest absolute Gasteiger partial charge is 0.355 e. The molecule has 0 atom stereocenters. The molecule has 1 rings (SSSR count). The summed E-state index contributed by atoms with van der Waals surface area (Å²) in [4.78, 5) is 10.2. The second-order valence-electron chi connectivity index (χ2n) is 1.23. The number of ether oxygens (including phenoxy) is 1. The third-order valence-electron chi connectivity index (χ3n) is 0.735. The number of nitrogens with one attached hydrogen (secondary N) is 1. The van der Waals surface area contributed by atoms with E-state index in [1.165, 1.54) is 0 Å². The van der Waals surface area contributed by atoms with Gasteiger partial charge in [0.1, 0.15) is 5.70 Å². The van der Waals surface area contributed by atoms with Gasteiger partial charge in [0.2, 0.25) is 0 Å². The summed E-state index contributed by atoms with van der Waals surface area (Å²) in [5, 5.41) is 2.60. The standard InChI is InChI=1S/C4H5NO2/c1-3-4(6)7-2-5-3/h5H,1-2H2. The van der Waals surface area contributed by atoms with Crippen molar-refractivity contribution in [3.63, 3.8) is 0 Å². The molecule has 0 aromatic rings. The Bertz CT molecular complexity index is 105. The summed E-state index contributed by atoms with van der Waals surface area (Å²) in [7, 11) is 0. The highest BCUT2D eigenvalue weighted by Crippen LogP contribution is 1.95. The maximum absolute atomic E-state index is 10.2. The van der Waals surface area contributed by atoms with E-state index in [9.17, 15) is 4.79 Å². The first-order valence-electron chi connectivity index (χ1n) is 1.90. The summed E-state index contributed by atoms with van der Waals surface area (Å²) < 4.78 is 4.42. The van der Waals surface area contributed by atoms with Crippen LogP contribution in [0.25, 0.3) is 0 Å². The minimum atomic E-state index is -0.347. The average molecular weight is 99.1 g/mol. The third-order valence-corrected chi connectivity index (χ3v) is 0.735. The molecule has 38 valence electrons. The number of cyclic esters (lactones) is 1. The molecule has 0 spiro atoms.